The first-order valence-electron chi connectivity index (χ1n) is 21.9. The van der Waals surface area contributed by atoms with Gasteiger partial charge in [-0.3, -0.25) is 0 Å². The van der Waals surface area contributed by atoms with Crippen LogP contribution in [-0.4, -0.2) is 0 Å². The molecule has 0 N–H and O–H groups in total. The molecule has 0 saturated heterocycles. The summed E-state index contributed by atoms with van der Waals surface area (Å²) in [5.74, 6) is 0. The summed E-state index contributed by atoms with van der Waals surface area (Å²) in [7, 11) is 0. The van der Waals surface area contributed by atoms with Crippen LogP contribution in [0.2, 0.25) is 0 Å². The van der Waals surface area contributed by atoms with Gasteiger partial charge in [0.15, 0.2) is 0 Å². The first-order valence-corrected chi connectivity index (χ1v) is 21.9. The van der Waals surface area contributed by atoms with Gasteiger partial charge >= 0.3 is 0 Å². The molecule has 0 aromatic heterocycles. The fraction of sp³-hybridized carbons (Fsp3) is 0.0645. The predicted octanol–water partition coefficient (Wildman–Crippen LogP) is 17.7. The minimum Gasteiger partial charge on any atom is -0.0614 e. The Hall–Kier alpha value is -7.54. The van der Waals surface area contributed by atoms with E-state index in [4.69, 9.17) is 0 Å². The maximum Gasteiger partial charge on any atom is -0.00195 e. The second-order valence-corrected chi connectivity index (χ2v) is 18.0. The van der Waals surface area contributed by atoms with Gasteiger partial charge in [-0.05, 0) is 207 Å². The van der Waals surface area contributed by atoms with E-state index in [0.717, 1.165) is 0 Å². The molecule has 0 amide bonds. The maximum atomic E-state index is 2.53. The summed E-state index contributed by atoms with van der Waals surface area (Å²) >= 11 is 0. The Labute approximate surface area is 361 Å². The minimum atomic E-state index is 1.25. The Morgan fingerprint density at radius 3 is 0.839 bits per heavy atom. The SMILES string of the molecule is Cc1ccc(-c2ccc3c(c2)c2cc4c5cc6c7cc(-c8ccc(C)cc8)ccc7c7cc(-c8cccc(C)c8)cc(c5ccc4c4cc(-c5cccc(C)c5)cc3c42)c76)cc1. The molecule has 290 valence electrons. The van der Waals surface area contributed by atoms with Crippen molar-refractivity contribution in [2.24, 2.45) is 0 Å². The fourth-order valence-corrected chi connectivity index (χ4v) is 10.8. The van der Waals surface area contributed by atoms with Gasteiger partial charge in [0.1, 0.15) is 0 Å². The van der Waals surface area contributed by atoms with Crippen LogP contribution >= 0.6 is 0 Å². The van der Waals surface area contributed by atoms with Crippen LogP contribution in [0, 0.1) is 27.7 Å². The summed E-state index contributed by atoms with van der Waals surface area (Å²) in [6.07, 6.45) is 0. The van der Waals surface area contributed by atoms with E-state index in [-0.39, 0.29) is 0 Å². The predicted molar refractivity (Wildman–Crippen MR) is 270 cm³/mol. The molecule has 13 aromatic carbocycles. The molecule has 0 bridgehead atoms. The van der Waals surface area contributed by atoms with Crippen LogP contribution < -0.4 is 0 Å². The molecular formula is C62H42. The van der Waals surface area contributed by atoms with E-state index in [1.165, 1.54) is 153 Å². The van der Waals surface area contributed by atoms with E-state index >= 15 is 0 Å². The van der Waals surface area contributed by atoms with Crippen molar-refractivity contribution in [3.63, 3.8) is 0 Å². The van der Waals surface area contributed by atoms with Gasteiger partial charge < -0.3 is 0 Å². The average Bonchev–Trinajstić information content (AvgIpc) is 3.78. The van der Waals surface area contributed by atoms with Gasteiger partial charge in [0.05, 0.1) is 0 Å². The van der Waals surface area contributed by atoms with Crippen molar-refractivity contribution in [3.05, 3.63) is 204 Å². The van der Waals surface area contributed by atoms with Crippen LogP contribution in [0.1, 0.15) is 22.3 Å². The van der Waals surface area contributed by atoms with Gasteiger partial charge in [-0.15, -0.1) is 0 Å². The molecule has 0 spiro atoms. The average molecular weight is 787 g/mol. The number of rotatable bonds is 4. The lowest BCUT2D eigenvalue weighted by Crippen LogP contribution is -1.87. The molecule has 13 rings (SSSR count). The molecule has 0 saturated carbocycles. The summed E-state index contributed by atoms with van der Waals surface area (Å²) in [5, 5.41) is 21.1. The zero-order valence-corrected chi connectivity index (χ0v) is 35.3. The number of benzene rings is 11. The lowest BCUT2D eigenvalue weighted by molar-refractivity contribution is 1.47. The van der Waals surface area contributed by atoms with Crippen LogP contribution in [-0.2, 0) is 0 Å². The van der Waals surface area contributed by atoms with Gasteiger partial charge in [0.25, 0.3) is 0 Å². The second-order valence-electron chi connectivity index (χ2n) is 18.0. The van der Waals surface area contributed by atoms with E-state index in [9.17, 15) is 0 Å². The number of hydrogen-bond donors (Lipinski definition) is 0. The molecule has 0 heteroatoms. The van der Waals surface area contributed by atoms with Crippen molar-refractivity contribution < 1.29 is 0 Å². The van der Waals surface area contributed by atoms with Gasteiger partial charge in [0, 0.05) is 0 Å². The van der Waals surface area contributed by atoms with E-state index in [2.05, 4.69) is 210 Å². The smallest absolute Gasteiger partial charge is 0.00195 e. The molecule has 0 radical (unpaired) electrons. The minimum absolute atomic E-state index is 1.25. The molecule has 62 heavy (non-hydrogen) atoms. The third-order valence-corrected chi connectivity index (χ3v) is 13.9. The molecule has 0 heterocycles. The Balaban J connectivity index is 1.18. The summed E-state index contributed by atoms with van der Waals surface area (Å²) in [6.45, 7) is 8.70. The van der Waals surface area contributed by atoms with Crippen molar-refractivity contribution in [1.82, 2.24) is 0 Å². The highest BCUT2D eigenvalue weighted by Gasteiger charge is 2.22. The molecule has 13 aromatic rings. The van der Waals surface area contributed by atoms with Gasteiger partial charge in [0.2, 0.25) is 0 Å². The van der Waals surface area contributed by atoms with E-state index < -0.39 is 0 Å². The highest BCUT2D eigenvalue weighted by molar-refractivity contribution is 6.41. The van der Waals surface area contributed by atoms with Gasteiger partial charge in [-0.25, -0.2) is 0 Å². The lowest BCUT2D eigenvalue weighted by Gasteiger charge is -2.14. The summed E-state index contributed by atoms with van der Waals surface area (Å²) < 4.78 is 0. The third-order valence-electron chi connectivity index (χ3n) is 13.9. The van der Waals surface area contributed by atoms with Crippen molar-refractivity contribution in [1.29, 1.82) is 0 Å². The molecule has 0 fully saturated rings. The first kappa shape index (κ1) is 35.2. The summed E-state index contributed by atoms with van der Waals surface area (Å²) in [5.41, 5.74) is 15.1. The Bertz CT molecular complexity index is 3710. The topological polar surface area (TPSA) is 0 Å². The van der Waals surface area contributed by atoms with Gasteiger partial charge in [-0.1, -0.05) is 156 Å². The van der Waals surface area contributed by atoms with E-state index in [1.807, 2.05) is 0 Å². The highest BCUT2D eigenvalue weighted by atomic mass is 14.2. The van der Waals surface area contributed by atoms with Crippen molar-refractivity contribution in [2.45, 2.75) is 27.7 Å². The molecule has 0 nitrogen and oxygen atoms in total. The van der Waals surface area contributed by atoms with Crippen molar-refractivity contribution in [3.8, 4) is 44.5 Å². The fourth-order valence-electron chi connectivity index (χ4n) is 10.8. The largest absolute Gasteiger partial charge is 0.0614 e. The van der Waals surface area contributed by atoms with Crippen LogP contribution in [0.4, 0.5) is 0 Å². The zero-order valence-electron chi connectivity index (χ0n) is 35.3. The molecule has 0 aliphatic rings. The summed E-state index contributed by atoms with van der Waals surface area (Å²) in [4.78, 5) is 0. The molecule has 0 aliphatic heterocycles. The van der Waals surface area contributed by atoms with Crippen molar-refractivity contribution >= 4 is 86.2 Å². The van der Waals surface area contributed by atoms with Crippen LogP contribution in [0.3, 0.4) is 0 Å². The van der Waals surface area contributed by atoms with Gasteiger partial charge in [-0.2, -0.15) is 0 Å². The molecule has 0 aliphatic carbocycles. The van der Waals surface area contributed by atoms with Crippen LogP contribution in [0.5, 0.6) is 0 Å². The summed E-state index contributed by atoms with van der Waals surface area (Å²) in [6, 6.07) is 69.8. The van der Waals surface area contributed by atoms with E-state index in [0.29, 0.717) is 0 Å². The lowest BCUT2D eigenvalue weighted by atomic mass is 9.89. The molecule has 0 atom stereocenters. The second kappa shape index (κ2) is 13.0. The molecule has 0 unspecified atom stereocenters. The Kier molecular flexibility index (Phi) is 7.38. The number of hydrogen-bond acceptors (Lipinski definition) is 0. The third kappa shape index (κ3) is 5.20. The Morgan fingerprint density at radius 1 is 0.177 bits per heavy atom. The maximum absolute atomic E-state index is 2.53. The molecular weight excluding hydrogens is 745 g/mol. The Morgan fingerprint density at radius 2 is 0.468 bits per heavy atom. The van der Waals surface area contributed by atoms with Crippen molar-refractivity contribution in [2.75, 3.05) is 0 Å². The standard InChI is InChI=1S/C62H42/c1-35-11-15-39(16-12-35)43-19-21-47-51(27-43)59-33-53-49(57-31-45(29-55(47)61(57)59)41-9-5-7-37(3)25-41)23-24-50-54(53)34-60-52-28-44(40-17-13-36(2)14-18-40)20-22-48(52)56-30-46(32-58(50)62(56)60)42-10-6-8-38(4)26-42/h5-34H,1-4H3. The number of fused-ring (bicyclic) bond motifs is 11. The van der Waals surface area contributed by atoms with E-state index in [1.54, 1.807) is 0 Å². The quantitative estimate of drug-likeness (QED) is 0.156. The van der Waals surface area contributed by atoms with Crippen LogP contribution in [0.15, 0.2) is 182 Å². The zero-order chi connectivity index (χ0) is 41.4. The monoisotopic (exact) mass is 786 g/mol. The number of aryl methyl sites for hydroxylation is 4. The highest BCUT2D eigenvalue weighted by Crippen LogP contribution is 2.50. The first-order chi connectivity index (χ1) is 30.3. The van der Waals surface area contributed by atoms with Crippen LogP contribution in [0.25, 0.3) is 131 Å². The normalized spacial score (nSPS) is 12.2.